The first-order valence-electron chi connectivity index (χ1n) is 9.05. The fourth-order valence-corrected chi connectivity index (χ4v) is 3.30. The number of hydrogen-bond donors (Lipinski definition) is 0. The molecule has 0 aromatic heterocycles. The zero-order valence-electron chi connectivity index (χ0n) is 15.2. The molecule has 0 amide bonds. The van der Waals surface area contributed by atoms with Crippen LogP contribution >= 0.6 is 0 Å². The van der Waals surface area contributed by atoms with Crippen molar-refractivity contribution in [2.45, 2.75) is 20.3 Å². The molecular weight excluding hydrogens is 315 g/mol. The third-order valence-corrected chi connectivity index (χ3v) is 4.99. The fourth-order valence-electron chi connectivity index (χ4n) is 3.30. The highest BCUT2D eigenvalue weighted by molar-refractivity contribution is 5.56. The van der Waals surface area contributed by atoms with Crippen molar-refractivity contribution in [2.75, 3.05) is 44.2 Å². The van der Waals surface area contributed by atoms with E-state index in [1.165, 1.54) is 28.9 Å². The van der Waals surface area contributed by atoms with Gasteiger partial charge in [-0.1, -0.05) is 12.1 Å². The Balaban J connectivity index is 1.39. The maximum atomic E-state index is 12.9. The van der Waals surface area contributed by atoms with Crippen LogP contribution in [-0.2, 0) is 0 Å². The Hall–Kier alpha value is -2.07. The van der Waals surface area contributed by atoms with E-state index in [0.29, 0.717) is 6.61 Å². The van der Waals surface area contributed by atoms with Gasteiger partial charge in [0.25, 0.3) is 0 Å². The molecule has 0 N–H and O–H groups in total. The molecule has 0 radical (unpaired) electrons. The van der Waals surface area contributed by atoms with Crippen molar-refractivity contribution in [3.63, 3.8) is 0 Å². The van der Waals surface area contributed by atoms with E-state index in [1.54, 1.807) is 12.1 Å². The number of anilines is 1. The summed E-state index contributed by atoms with van der Waals surface area (Å²) in [5.41, 5.74) is 4.13. The zero-order chi connectivity index (χ0) is 17.6. The Morgan fingerprint density at radius 3 is 2.40 bits per heavy atom. The molecule has 134 valence electrons. The standard InChI is InChI=1S/C21H27FN2O/c1-17-5-3-6-21(18(17)2)24-14-12-23(13-15-24)11-4-16-25-20-9-7-19(22)8-10-20/h3,5-10H,4,11-16H2,1-2H3. The third-order valence-electron chi connectivity index (χ3n) is 4.99. The summed E-state index contributed by atoms with van der Waals surface area (Å²) in [5.74, 6) is 0.509. The van der Waals surface area contributed by atoms with E-state index in [9.17, 15) is 4.39 Å². The molecule has 0 unspecified atom stereocenters. The van der Waals surface area contributed by atoms with Gasteiger partial charge in [0.2, 0.25) is 0 Å². The minimum atomic E-state index is -0.228. The van der Waals surface area contributed by atoms with Gasteiger partial charge >= 0.3 is 0 Å². The topological polar surface area (TPSA) is 15.7 Å². The molecule has 1 fully saturated rings. The fraction of sp³-hybridized carbons (Fsp3) is 0.429. The van der Waals surface area contributed by atoms with E-state index in [1.807, 2.05) is 0 Å². The summed E-state index contributed by atoms with van der Waals surface area (Å²) >= 11 is 0. The predicted octanol–water partition coefficient (Wildman–Crippen LogP) is 4.03. The Morgan fingerprint density at radius 2 is 1.68 bits per heavy atom. The molecule has 1 heterocycles. The van der Waals surface area contributed by atoms with Gasteiger partial charge in [-0.05, 0) is 61.7 Å². The van der Waals surface area contributed by atoms with E-state index in [-0.39, 0.29) is 5.82 Å². The first-order chi connectivity index (χ1) is 12.1. The molecule has 2 aromatic rings. The maximum absolute atomic E-state index is 12.9. The molecule has 2 aromatic carbocycles. The number of hydrogen-bond acceptors (Lipinski definition) is 3. The molecule has 0 bridgehead atoms. The van der Waals surface area contributed by atoms with Crippen molar-refractivity contribution in [3.8, 4) is 5.75 Å². The summed E-state index contributed by atoms with van der Waals surface area (Å²) < 4.78 is 18.5. The SMILES string of the molecule is Cc1cccc(N2CCN(CCCOc3ccc(F)cc3)CC2)c1C. The van der Waals surface area contributed by atoms with E-state index >= 15 is 0 Å². The predicted molar refractivity (Wildman–Crippen MR) is 101 cm³/mol. The zero-order valence-corrected chi connectivity index (χ0v) is 15.2. The molecule has 0 spiro atoms. The van der Waals surface area contributed by atoms with E-state index in [4.69, 9.17) is 4.74 Å². The van der Waals surface area contributed by atoms with Crippen molar-refractivity contribution in [1.82, 2.24) is 4.90 Å². The molecule has 3 rings (SSSR count). The number of aryl methyl sites for hydroxylation is 1. The van der Waals surface area contributed by atoms with Crippen LogP contribution in [0.25, 0.3) is 0 Å². The summed E-state index contributed by atoms with van der Waals surface area (Å²) in [6.07, 6.45) is 0.987. The van der Waals surface area contributed by atoms with Crippen LogP contribution in [-0.4, -0.2) is 44.2 Å². The quantitative estimate of drug-likeness (QED) is 0.737. The van der Waals surface area contributed by atoms with Crippen LogP contribution in [0.1, 0.15) is 17.5 Å². The molecule has 4 heteroatoms. The monoisotopic (exact) mass is 342 g/mol. The van der Waals surface area contributed by atoms with Gasteiger partial charge in [0.05, 0.1) is 6.61 Å². The lowest BCUT2D eigenvalue weighted by Crippen LogP contribution is -2.47. The van der Waals surface area contributed by atoms with Crippen LogP contribution < -0.4 is 9.64 Å². The van der Waals surface area contributed by atoms with E-state index in [2.05, 4.69) is 41.8 Å². The summed E-state index contributed by atoms with van der Waals surface area (Å²) in [4.78, 5) is 4.99. The van der Waals surface area contributed by atoms with Gasteiger partial charge in [0.15, 0.2) is 0 Å². The molecule has 1 aliphatic rings. The van der Waals surface area contributed by atoms with Crippen LogP contribution in [0.4, 0.5) is 10.1 Å². The summed E-state index contributed by atoms with van der Waals surface area (Å²) in [6.45, 7) is 10.4. The Kier molecular flexibility index (Phi) is 5.92. The number of ether oxygens (including phenoxy) is 1. The summed E-state index contributed by atoms with van der Waals surface area (Å²) in [7, 11) is 0. The largest absolute Gasteiger partial charge is 0.494 e. The highest BCUT2D eigenvalue weighted by Gasteiger charge is 2.18. The molecule has 25 heavy (non-hydrogen) atoms. The van der Waals surface area contributed by atoms with Crippen LogP contribution in [0.3, 0.4) is 0 Å². The first kappa shape index (κ1) is 17.7. The number of piperazine rings is 1. The Morgan fingerprint density at radius 1 is 0.960 bits per heavy atom. The Bertz CT molecular complexity index is 679. The Labute approximate surface area is 150 Å². The highest BCUT2D eigenvalue weighted by atomic mass is 19.1. The van der Waals surface area contributed by atoms with Crippen molar-refractivity contribution < 1.29 is 9.13 Å². The third kappa shape index (κ3) is 4.73. The number of benzene rings is 2. The highest BCUT2D eigenvalue weighted by Crippen LogP contribution is 2.23. The van der Waals surface area contributed by atoms with Crippen molar-refractivity contribution in [2.24, 2.45) is 0 Å². The number of nitrogens with zero attached hydrogens (tertiary/aromatic N) is 2. The van der Waals surface area contributed by atoms with Gasteiger partial charge in [0.1, 0.15) is 11.6 Å². The van der Waals surface area contributed by atoms with Gasteiger partial charge in [-0.3, -0.25) is 4.90 Å². The van der Waals surface area contributed by atoms with Crippen LogP contribution in [0.2, 0.25) is 0 Å². The van der Waals surface area contributed by atoms with Gasteiger partial charge in [-0.15, -0.1) is 0 Å². The molecule has 3 nitrogen and oxygen atoms in total. The van der Waals surface area contributed by atoms with Gasteiger partial charge < -0.3 is 9.64 Å². The van der Waals surface area contributed by atoms with Gasteiger partial charge in [0, 0.05) is 38.4 Å². The van der Waals surface area contributed by atoms with Gasteiger partial charge in [-0.25, -0.2) is 4.39 Å². The van der Waals surface area contributed by atoms with Crippen LogP contribution in [0.15, 0.2) is 42.5 Å². The second kappa shape index (κ2) is 8.34. The molecular formula is C21H27FN2O. The van der Waals surface area contributed by atoms with E-state index in [0.717, 1.165) is 44.9 Å². The molecule has 0 saturated carbocycles. The average molecular weight is 342 g/mol. The van der Waals surface area contributed by atoms with Crippen molar-refractivity contribution in [1.29, 1.82) is 0 Å². The second-order valence-corrected chi connectivity index (χ2v) is 6.70. The minimum absolute atomic E-state index is 0.228. The lowest BCUT2D eigenvalue weighted by Gasteiger charge is -2.37. The average Bonchev–Trinajstić information content (AvgIpc) is 2.63. The lowest BCUT2D eigenvalue weighted by molar-refractivity contribution is 0.224. The van der Waals surface area contributed by atoms with Crippen LogP contribution in [0.5, 0.6) is 5.75 Å². The molecule has 0 atom stereocenters. The summed E-state index contributed by atoms with van der Waals surface area (Å²) in [6, 6.07) is 12.8. The first-order valence-corrected chi connectivity index (χ1v) is 9.05. The summed E-state index contributed by atoms with van der Waals surface area (Å²) in [5, 5.41) is 0. The second-order valence-electron chi connectivity index (χ2n) is 6.70. The van der Waals surface area contributed by atoms with Crippen LogP contribution in [0, 0.1) is 19.7 Å². The molecule has 1 saturated heterocycles. The molecule has 0 aliphatic carbocycles. The smallest absolute Gasteiger partial charge is 0.123 e. The number of rotatable bonds is 6. The molecule has 1 aliphatic heterocycles. The minimum Gasteiger partial charge on any atom is -0.494 e. The van der Waals surface area contributed by atoms with E-state index < -0.39 is 0 Å². The lowest BCUT2D eigenvalue weighted by atomic mass is 10.1. The van der Waals surface area contributed by atoms with Gasteiger partial charge in [-0.2, -0.15) is 0 Å². The van der Waals surface area contributed by atoms with Crippen molar-refractivity contribution >= 4 is 5.69 Å². The van der Waals surface area contributed by atoms with Crippen molar-refractivity contribution in [3.05, 3.63) is 59.4 Å². The normalized spacial score (nSPS) is 15.4. The number of halogens is 1. The maximum Gasteiger partial charge on any atom is 0.123 e.